The lowest BCUT2D eigenvalue weighted by Crippen LogP contribution is -2.11. The van der Waals surface area contributed by atoms with Crippen molar-refractivity contribution in [3.8, 4) is 10.6 Å². The van der Waals surface area contributed by atoms with E-state index in [0.717, 1.165) is 21.8 Å². The third-order valence-corrected chi connectivity index (χ3v) is 5.38. The fraction of sp³-hybridized carbons (Fsp3) is 0.0476. The number of aryl methyl sites for hydroxylation is 1. The second-order valence-electron chi connectivity index (χ2n) is 6.03. The molecule has 1 aromatic heterocycles. The number of amides is 1. The summed E-state index contributed by atoms with van der Waals surface area (Å²) in [4.78, 5) is 17.0. The van der Waals surface area contributed by atoms with E-state index in [1.165, 1.54) is 10.3 Å². The molecule has 3 aromatic carbocycles. The van der Waals surface area contributed by atoms with Gasteiger partial charge in [0.25, 0.3) is 5.91 Å². The van der Waals surface area contributed by atoms with Gasteiger partial charge in [-0.1, -0.05) is 17.7 Å². The Hall–Kier alpha value is -2.69. The van der Waals surface area contributed by atoms with Gasteiger partial charge in [-0.3, -0.25) is 4.79 Å². The highest BCUT2D eigenvalue weighted by Gasteiger charge is 2.08. The summed E-state index contributed by atoms with van der Waals surface area (Å²) in [5, 5.41) is 4.47. The Morgan fingerprint density at radius 1 is 1.00 bits per heavy atom. The van der Waals surface area contributed by atoms with E-state index in [0.29, 0.717) is 10.6 Å². The molecule has 4 rings (SSSR count). The van der Waals surface area contributed by atoms with Crippen molar-refractivity contribution in [1.82, 2.24) is 4.98 Å². The third kappa shape index (κ3) is 3.47. The summed E-state index contributed by atoms with van der Waals surface area (Å²) in [5.41, 5.74) is 4.57. The number of thiazole rings is 1. The van der Waals surface area contributed by atoms with E-state index < -0.39 is 0 Å². The molecule has 1 amide bonds. The van der Waals surface area contributed by atoms with Crippen LogP contribution >= 0.6 is 22.9 Å². The number of carbonyl (C=O) groups excluding carboxylic acids is 1. The molecule has 0 aliphatic carbocycles. The maximum absolute atomic E-state index is 12.3. The molecule has 26 heavy (non-hydrogen) atoms. The molecular weight excluding hydrogens is 364 g/mol. The molecule has 0 aliphatic heterocycles. The second-order valence-corrected chi connectivity index (χ2v) is 7.50. The van der Waals surface area contributed by atoms with Gasteiger partial charge >= 0.3 is 0 Å². The zero-order chi connectivity index (χ0) is 18.1. The number of rotatable bonds is 3. The highest BCUT2D eigenvalue weighted by Crippen LogP contribution is 2.31. The van der Waals surface area contributed by atoms with Gasteiger partial charge in [-0.15, -0.1) is 11.3 Å². The summed E-state index contributed by atoms with van der Waals surface area (Å²) in [5.74, 6) is -0.162. The van der Waals surface area contributed by atoms with E-state index in [4.69, 9.17) is 16.6 Å². The maximum Gasteiger partial charge on any atom is 0.255 e. The van der Waals surface area contributed by atoms with Crippen LogP contribution in [0.2, 0.25) is 5.02 Å². The number of halogens is 1. The monoisotopic (exact) mass is 378 g/mol. The largest absolute Gasteiger partial charge is 0.322 e. The van der Waals surface area contributed by atoms with Crippen molar-refractivity contribution < 1.29 is 4.79 Å². The number of aromatic nitrogens is 1. The molecule has 0 saturated heterocycles. The van der Waals surface area contributed by atoms with Crippen molar-refractivity contribution in [2.75, 3.05) is 5.32 Å². The van der Waals surface area contributed by atoms with Crippen molar-refractivity contribution in [2.24, 2.45) is 0 Å². The van der Waals surface area contributed by atoms with Gasteiger partial charge in [0.1, 0.15) is 5.01 Å². The highest BCUT2D eigenvalue weighted by atomic mass is 35.5. The summed E-state index contributed by atoms with van der Waals surface area (Å²) in [6.45, 7) is 2.07. The average molecular weight is 379 g/mol. The average Bonchev–Trinajstić information content (AvgIpc) is 3.06. The highest BCUT2D eigenvalue weighted by molar-refractivity contribution is 7.21. The Balaban J connectivity index is 1.54. The van der Waals surface area contributed by atoms with Crippen molar-refractivity contribution in [2.45, 2.75) is 6.92 Å². The predicted octanol–water partition coefficient (Wildman–Crippen LogP) is 6.18. The summed E-state index contributed by atoms with van der Waals surface area (Å²) < 4.78 is 1.17. The van der Waals surface area contributed by atoms with E-state index >= 15 is 0 Å². The molecule has 0 radical (unpaired) electrons. The first-order valence-electron chi connectivity index (χ1n) is 8.13. The summed E-state index contributed by atoms with van der Waals surface area (Å²) >= 11 is 7.52. The van der Waals surface area contributed by atoms with E-state index in [-0.39, 0.29) is 5.91 Å². The van der Waals surface area contributed by atoms with Crippen LogP contribution in [0.1, 0.15) is 15.9 Å². The molecule has 0 fully saturated rings. The molecule has 0 atom stereocenters. The van der Waals surface area contributed by atoms with Gasteiger partial charge in [0, 0.05) is 21.8 Å². The third-order valence-electron chi connectivity index (χ3n) is 4.04. The molecule has 0 spiro atoms. The number of fused-ring (bicyclic) bond motifs is 1. The lowest BCUT2D eigenvalue weighted by atomic mass is 10.2. The van der Waals surface area contributed by atoms with Crippen LogP contribution in [-0.2, 0) is 0 Å². The van der Waals surface area contributed by atoms with Crippen molar-refractivity contribution >= 4 is 44.7 Å². The number of hydrogen-bond donors (Lipinski definition) is 1. The van der Waals surface area contributed by atoms with Crippen LogP contribution < -0.4 is 5.32 Å². The second kappa shape index (κ2) is 6.90. The summed E-state index contributed by atoms with van der Waals surface area (Å²) in [6.07, 6.45) is 0. The number of nitrogens with one attached hydrogen (secondary N) is 1. The van der Waals surface area contributed by atoms with Gasteiger partial charge in [-0.2, -0.15) is 0 Å². The number of anilines is 1. The van der Waals surface area contributed by atoms with Crippen LogP contribution in [0, 0.1) is 6.92 Å². The van der Waals surface area contributed by atoms with Crippen LogP contribution in [0.25, 0.3) is 20.8 Å². The lowest BCUT2D eigenvalue weighted by molar-refractivity contribution is 0.102. The van der Waals surface area contributed by atoms with Crippen LogP contribution in [0.4, 0.5) is 5.69 Å². The minimum Gasteiger partial charge on any atom is -0.322 e. The predicted molar refractivity (Wildman–Crippen MR) is 109 cm³/mol. The quantitative estimate of drug-likeness (QED) is 0.462. The van der Waals surface area contributed by atoms with Crippen molar-refractivity contribution in [1.29, 1.82) is 0 Å². The Labute approximate surface area is 160 Å². The zero-order valence-electron chi connectivity index (χ0n) is 14.0. The lowest BCUT2D eigenvalue weighted by Gasteiger charge is -2.06. The van der Waals surface area contributed by atoms with Crippen LogP contribution in [0.15, 0.2) is 66.7 Å². The Bertz CT molecular complexity index is 1090. The van der Waals surface area contributed by atoms with Crippen LogP contribution in [0.3, 0.4) is 0 Å². The normalized spacial score (nSPS) is 10.8. The first kappa shape index (κ1) is 16.8. The summed E-state index contributed by atoms with van der Waals surface area (Å²) in [7, 11) is 0. The number of benzene rings is 3. The van der Waals surface area contributed by atoms with E-state index in [2.05, 4.69) is 30.4 Å². The Kier molecular flexibility index (Phi) is 4.45. The number of carbonyl (C=O) groups is 1. The molecule has 5 heteroatoms. The molecule has 0 aliphatic rings. The first-order chi connectivity index (χ1) is 12.6. The fourth-order valence-corrected chi connectivity index (χ4v) is 3.74. The first-order valence-corrected chi connectivity index (χ1v) is 9.32. The minimum atomic E-state index is -0.162. The molecule has 3 nitrogen and oxygen atoms in total. The van der Waals surface area contributed by atoms with Crippen molar-refractivity contribution in [3.63, 3.8) is 0 Å². The number of nitrogens with zero attached hydrogens (tertiary/aromatic N) is 1. The fourth-order valence-electron chi connectivity index (χ4n) is 2.66. The van der Waals surface area contributed by atoms with E-state index in [1.807, 2.05) is 24.3 Å². The van der Waals surface area contributed by atoms with Crippen LogP contribution in [-0.4, -0.2) is 10.9 Å². The van der Waals surface area contributed by atoms with Gasteiger partial charge in [-0.25, -0.2) is 4.98 Å². The Morgan fingerprint density at radius 3 is 2.46 bits per heavy atom. The molecule has 0 unspecified atom stereocenters. The molecule has 1 N–H and O–H groups in total. The molecule has 0 saturated carbocycles. The van der Waals surface area contributed by atoms with E-state index in [9.17, 15) is 4.79 Å². The van der Waals surface area contributed by atoms with Crippen LogP contribution in [0.5, 0.6) is 0 Å². The standard InChI is InChI=1S/C21H15ClN2OS/c1-13-2-11-19-18(12-13)24-21(26-19)15-5-9-17(10-6-15)23-20(25)14-3-7-16(22)8-4-14/h2-12H,1H3,(H,23,25). The molecule has 0 bridgehead atoms. The molecular formula is C21H15ClN2OS. The smallest absolute Gasteiger partial charge is 0.255 e. The molecule has 128 valence electrons. The van der Waals surface area contributed by atoms with E-state index in [1.54, 1.807) is 35.6 Å². The minimum absolute atomic E-state index is 0.162. The SMILES string of the molecule is Cc1ccc2sc(-c3ccc(NC(=O)c4ccc(Cl)cc4)cc3)nc2c1. The summed E-state index contributed by atoms with van der Waals surface area (Å²) in [6, 6.07) is 20.8. The molecule has 4 aromatic rings. The number of hydrogen-bond acceptors (Lipinski definition) is 3. The Morgan fingerprint density at radius 2 is 1.73 bits per heavy atom. The van der Waals surface area contributed by atoms with Gasteiger partial charge in [0.05, 0.1) is 10.2 Å². The van der Waals surface area contributed by atoms with Gasteiger partial charge in [-0.05, 0) is 73.2 Å². The zero-order valence-corrected chi connectivity index (χ0v) is 15.6. The topological polar surface area (TPSA) is 42.0 Å². The van der Waals surface area contributed by atoms with Gasteiger partial charge in [0.2, 0.25) is 0 Å². The van der Waals surface area contributed by atoms with Crippen molar-refractivity contribution in [3.05, 3.63) is 82.9 Å². The molecule has 1 heterocycles. The van der Waals surface area contributed by atoms with Gasteiger partial charge in [0.15, 0.2) is 0 Å². The van der Waals surface area contributed by atoms with Gasteiger partial charge < -0.3 is 5.32 Å². The maximum atomic E-state index is 12.3.